The molecule has 4 rings (SSSR count). The van der Waals surface area contributed by atoms with Crippen LogP contribution in [0.5, 0.6) is 5.75 Å². The number of amides is 1. The van der Waals surface area contributed by atoms with E-state index >= 15 is 0 Å². The van der Waals surface area contributed by atoms with Crippen LogP contribution in [0.3, 0.4) is 0 Å². The number of rotatable bonds is 7. The van der Waals surface area contributed by atoms with Gasteiger partial charge >= 0.3 is 0 Å². The third kappa shape index (κ3) is 5.72. The Balaban J connectivity index is 1.49. The minimum absolute atomic E-state index is 0.127. The van der Waals surface area contributed by atoms with Crippen molar-refractivity contribution in [3.05, 3.63) is 106 Å². The first-order chi connectivity index (χ1) is 16.0. The molecule has 0 radical (unpaired) electrons. The van der Waals surface area contributed by atoms with E-state index in [-0.39, 0.29) is 11.1 Å². The third-order valence-corrected chi connectivity index (χ3v) is 6.16. The summed E-state index contributed by atoms with van der Waals surface area (Å²) in [7, 11) is 0. The van der Waals surface area contributed by atoms with E-state index in [1.54, 1.807) is 29.3 Å². The van der Waals surface area contributed by atoms with Crippen molar-refractivity contribution in [2.45, 2.75) is 13.5 Å². The number of pyridine rings is 1. The van der Waals surface area contributed by atoms with E-state index in [1.165, 1.54) is 17.3 Å². The Morgan fingerprint density at radius 1 is 1.15 bits per heavy atom. The molecule has 2 heterocycles. The summed E-state index contributed by atoms with van der Waals surface area (Å²) in [5, 5.41) is 0.828. The van der Waals surface area contributed by atoms with Gasteiger partial charge < -0.3 is 4.74 Å². The molecule has 5 nitrogen and oxygen atoms in total. The molecular weight excluding hydrogens is 454 g/mol. The van der Waals surface area contributed by atoms with Crippen LogP contribution in [0.1, 0.15) is 16.7 Å². The largest absolute Gasteiger partial charge is 0.489 e. The Labute approximate surface area is 202 Å². The first-order valence-electron chi connectivity index (χ1n) is 10.3. The zero-order valence-electron chi connectivity index (χ0n) is 18.1. The molecule has 0 spiro atoms. The van der Waals surface area contributed by atoms with Gasteiger partial charge in [0.1, 0.15) is 18.0 Å². The van der Waals surface area contributed by atoms with Gasteiger partial charge in [-0.05, 0) is 60.2 Å². The predicted octanol–water partition coefficient (Wildman–Crippen LogP) is 6.41. The van der Waals surface area contributed by atoms with Crippen molar-refractivity contribution >= 4 is 46.2 Å². The lowest BCUT2D eigenvalue weighted by Gasteiger charge is -2.12. The van der Waals surface area contributed by atoms with E-state index in [2.05, 4.69) is 47.7 Å². The highest BCUT2D eigenvalue weighted by Crippen LogP contribution is 2.35. The number of amidine groups is 1. The molecule has 33 heavy (non-hydrogen) atoms. The first-order valence-corrected chi connectivity index (χ1v) is 11.5. The molecule has 1 aromatic heterocycles. The number of aromatic nitrogens is 1. The summed E-state index contributed by atoms with van der Waals surface area (Å²) in [4.78, 5) is 23.7. The van der Waals surface area contributed by atoms with Crippen LogP contribution in [0.15, 0.2) is 89.4 Å². The number of thioether (sulfide) groups is 1. The van der Waals surface area contributed by atoms with Gasteiger partial charge in [0.15, 0.2) is 10.3 Å². The summed E-state index contributed by atoms with van der Waals surface area (Å²) in [6.07, 6.45) is 5.11. The van der Waals surface area contributed by atoms with Gasteiger partial charge in [0.05, 0.1) is 4.91 Å². The maximum Gasteiger partial charge on any atom is 0.267 e. The van der Waals surface area contributed by atoms with Gasteiger partial charge in [0, 0.05) is 12.7 Å². The molecular formula is C26H22ClN3O2S. The number of hydrogen-bond donors (Lipinski definition) is 0. The Hall–Kier alpha value is -3.35. The fraction of sp³-hybridized carbons (Fsp3) is 0.115. The van der Waals surface area contributed by atoms with Crippen molar-refractivity contribution < 1.29 is 9.53 Å². The molecule has 0 atom stereocenters. The van der Waals surface area contributed by atoms with E-state index in [1.807, 2.05) is 30.3 Å². The fourth-order valence-corrected chi connectivity index (χ4v) is 4.27. The molecule has 0 N–H and O–H groups in total. The molecule has 166 valence electrons. The maximum absolute atomic E-state index is 13.0. The van der Waals surface area contributed by atoms with Gasteiger partial charge in [0.2, 0.25) is 0 Å². The number of nitrogens with zero attached hydrogens (tertiary/aromatic N) is 3. The van der Waals surface area contributed by atoms with Gasteiger partial charge in [-0.1, -0.05) is 59.6 Å². The quantitative estimate of drug-likeness (QED) is 0.225. The fourth-order valence-electron chi connectivity index (χ4n) is 3.11. The molecule has 1 fully saturated rings. The Bertz CT molecular complexity index is 1220. The third-order valence-electron chi connectivity index (χ3n) is 4.86. The van der Waals surface area contributed by atoms with Gasteiger partial charge in [0.25, 0.3) is 5.91 Å². The van der Waals surface area contributed by atoms with Crippen LogP contribution < -0.4 is 4.74 Å². The second-order valence-corrected chi connectivity index (χ2v) is 8.73. The van der Waals surface area contributed by atoms with E-state index in [0.717, 1.165) is 16.9 Å². The Kier molecular flexibility index (Phi) is 7.27. The number of carbonyl (C=O) groups is 1. The number of ether oxygens (including phenoxy) is 1. The highest BCUT2D eigenvalue weighted by molar-refractivity contribution is 8.18. The molecule has 1 aliphatic heterocycles. The molecule has 7 heteroatoms. The summed E-state index contributed by atoms with van der Waals surface area (Å²) in [6.45, 7) is 6.67. The predicted molar refractivity (Wildman–Crippen MR) is 136 cm³/mol. The second kappa shape index (κ2) is 10.5. The van der Waals surface area contributed by atoms with Gasteiger partial charge in [-0.15, -0.1) is 6.58 Å². The highest BCUT2D eigenvalue weighted by atomic mass is 35.5. The van der Waals surface area contributed by atoms with Crippen molar-refractivity contribution in [1.29, 1.82) is 0 Å². The topological polar surface area (TPSA) is 54.8 Å². The molecule has 1 saturated heterocycles. The lowest BCUT2D eigenvalue weighted by molar-refractivity contribution is -0.121. The number of aryl methyl sites for hydroxylation is 1. The summed E-state index contributed by atoms with van der Waals surface area (Å²) < 4.78 is 5.87. The molecule has 1 amide bonds. The van der Waals surface area contributed by atoms with Crippen molar-refractivity contribution in [2.75, 3.05) is 6.54 Å². The zero-order valence-corrected chi connectivity index (χ0v) is 19.6. The SMILES string of the molecule is C=CCN1C(=O)/C(=C/c2ccc(OCc3ccc(C)cc3)cc2)SC1=Nc1cccnc1Cl. The summed E-state index contributed by atoms with van der Waals surface area (Å²) in [6, 6.07) is 19.4. The molecule has 0 saturated carbocycles. The standard InChI is InChI=1S/C26H22ClN3O2S/c1-3-15-30-25(31)23(33-26(30)29-22-5-4-14-28-24(22)27)16-19-10-12-21(13-11-19)32-17-20-8-6-18(2)7-9-20/h3-14,16H,1,15,17H2,2H3/b23-16-,29-26?. The first kappa shape index (κ1) is 22.8. The van der Waals surface area contributed by atoms with E-state index in [0.29, 0.717) is 28.9 Å². The number of benzene rings is 2. The Morgan fingerprint density at radius 2 is 1.91 bits per heavy atom. The van der Waals surface area contributed by atoms with Crippen LogP contribution in [-0.4, -0.2) is 27.5 Å². The molecule has 0 aliphatic carbocycles. The lowest BCUT2D eigenvalue weighted by atomic mass is 10.1. The van der Waals surface area contributed by atoms with Crippen LogP contribution in [0.4, 0.5) is 5.69 Å². The van der Waals surface area contributed by atoms with Crippen LogP contribution in [0.2, 0.25) is 5.15 Å². The second-order valence-electron chi connectivity index (χ2n) is 7.37. The van der Waals surface area contributed by atoms with Crippen molar-refractivity contribution in [3.63, 3.8) is 0 Å². The number of halogens is 1. The van der Waals surface area contributed by atoms with E-state index < -0.39 is 0 Å². The van der Waals surface area contributed by atoms with Crippen LogP contribution in [-0.2, 0) is 11.4 Å². The average molecular weight is 476 g/mol. The monoisotopic (exact) mass is 475 g/mol. The average Bonchev–Trinajstić information content (AvgIpc) is 3.10. The molecule has 3 aromatic rings. The van der Waals surface area contributed by atoms with Crippen LogP contribution >= 0.6 is 23.4 Å². The zero-order chi connectivity index (χ0) is 23.2. The normalized spacial score (nSPS) is 15.9. The minimum atomic E-state index is -0.127. The van der Waals surface area contributed by atoms with Crippen molar-refractivity contribution in [3.8, 4) is 5.75 Å². The minimum Gasteiger partial charge on any atom is -0.489 e. The van der Waals surface area contributed by atoms with Crippen molar-refractivity contribution in [2.24, 2.45) is 4.99 Å². The number of hydrogen-bond acceptors (Lipinski definition) is 5. The van der Waals surface area contributed by atoms with Gasteiger partial charge in [-0.3, -0.25) is 9.69 Å². The van der Waals surface area contributed by atoms with Crippen LogP contribution in [0, 0.1) is 6.92 Å². The lowest BCUT2D eigenvalue weighted by Crippen LogP contribution is -2.29. The number of carbonyl (C=O) groups excluding carboxylic acids is 1. The smallest absolute Gasteiger partial charge is 0.267 e. The van der Waals surface area contributed by atoms with E-state index in [9.17, 15) is 4.79 Å². The molecule has 1 aliphatic rings. The summed E-state index contributed by atoms with van der Waals surface area (Å²) in [5.74, 6) is 0.642. The molecule has 0 unspecified atom stereocenters. The maximum atomic E-state index is 13.0. The van der Waals surface area contributed by atoms with Crippen molar-refractivity contribution in [1.82, 2.24) is 9.88 Å². The summed E-state index contributed by atoms with van der Waals surface area (Å²) in [5.41, 5.74) is 3.74. The highest BCUT2D eigenvalue weighted by Gasteiger charge is 2.32. The Morgan fingerprint density at radius 3 is 2.61 bits per heavy atom. The van der Waals surface area contributed by atoms with Crippen LogP contribution in [0.25, 0.3) is 6.08 Å². The molecule has 0 bridgehead atoms. The number of aliphatic imine (C=N–C) groups is 1. The summed E-state index contributed by atoms with van der Waals surface area (Å²) >= 11 is 7.44. The van der Waals surface area contributed by atoms with Gasteiger partial charge in [-0.2, -0.15) is 0 Å². The molecule has 2 aromatic carbocycles. The van der Waals surface area contributed by atoms with Gasteiger partial charge in [-0.25, -0.2) is 9.98 Å². The van der Waals surface area contributed by atoms with E-state index in [4.69, 9.17) is 16.3 Å².